The van der Waals surface area contributed by atoms with Crippen LogP contribution in [0.15, 0.2) is 45.8 Å². The van der Waals surface area contributed by atoms with Crippen LogP contribution >= 0.6 is 0 Å². The summed E-state index contributed by atoms with van der Waals surface area (Å²) >= 11 is 0. The first-order chi connectivity index (χ1) is 12.3. The molecule has 134 valence electrons. The SMILES string of the molecule is O=C(NCc1ccco1)[C@H]1CO[C@H]2CCN(Cc3ccoc3)C[C@H]2C1. The predicted molar refractivity (Wildman–Crippen MR) is 90.5 cm³/mol. The Bertz CT molecular complexity index is 668. The number of hydrogen-bond donors (Lipinski definition) is 1. The Morgan fingerprint density at radius 2 is 2.28 bits per heavy atom. The number of amides is 1. The summed E-state index contributed by atoms with van der Waals surface area (Å²) in [6.07, 6.45) is 7.33. The summed E-state index contributed by atoms with van der Waals surface area (Å²) in [4.78, 5) is 14.9. The van der Waals surface area contributed by atoms with Crippen LogP contribution in [0, 0.1) is 11.8 Å². The van der Waals surface area contributed by atoms with Crippen molar-refractivity contribution in [3.05, 3.63) is 48.3 Å². The number of nitrogens with zero attached hydrogens (tertiary/aromatic N) is 1. The minimum absolute atomic E-state index is 0.0572. The maximum Gasteiger partial charge on any atom is 0.225 e. The first-order valence-electron chi connectivity index (χ1n) is 8.93. The van der Waals surface area contributed by atoms with E-state index in [2.05, 4.69) is 10.2 Å². The summed E-state index contributed by atoms with van der Waals surface area (Å²) in [7, 11) is 0. The van der Waals surface area contributed by atoms with Gasteiger partial charge in [0.05, 0.1) is 44.0 Å². The Morgan fingerprint density at radius 1 is 1.32 bits per heavy atom. The molecule has 4 rings (SSSR count). The van der Waals surface area contributed by atoms with Crippen molar-refractivity contribution in [3.63, 3.8) is 0 Å². The Hall–Kier alpha value is -2.05. The Kier molecular flexibility index (Phi) is 4.90. The maximum atomic E-state index is 12.4. The van der Waals surface area contributed by atoms with Gasteiger partial charge in [-0.3, -0.25) is 9.69 Å². The zero-order chi connectivity index (χ0) is 17.1. The highest BCUT2D eigenvalue weighted by Crippen LogP contribution is 2.32. The minimum Gasteiger partial charge on any atom is -0.472 e. The van der Waals surface area contributed by atoms with Crippen LogP contribution in [0.2, 0.25) is 0 Å². The van der Waals surface area contributed by atoms with E-state index >= 15 is 0 Å². The van der Waals surface area contributed by atoms with E-state index in [9.17, 15) is 4.79 Å². The molecule has 2 aliphatic rings. The molecule has 0 spiro atoms. The Morgan fingerprint density at radius 3 is 3.08 bits per heavy atom. The minimum atomic E-state index is -0.0786. The molecule has 0 saturated carbocycles. The van der Waals surface area contributed by atoms with Gasteiger partial charge in [-0.15, -0.1) is 0 Å². The third-order valence-corrected chi connectivity index (χ3v) is 5.22. The zero-order valence-corrected chi connectivity index (χ0v) is 14.2. The number of ether oxygens (including phenoxy) is 1. The molecule has 2 aliphatic heterocycles. The standard InChI is InChI=1S/C19H24N2O4/c22-19(20-9-17-2-1-6-24-17)16-8-15-11-21(5-3-18(15)25-13-16)10-14-4-7-23-12-14/h1-2,4,6-7,12,15-16,18H,3,5,8-11,13H2,(H,20,22)/t15-,16-,18+/m1/s1. The molecular weight excluding hydrogens is 320 g/mol. The Labute approximate surface area is 147 Å². The molecule has 3 atom stereocenters. The Balaban J connectivity index is 1.29. The van der Waals surface area contributed by atoms with Gasteiger partial charge >= 0.3 is 0 Å². The third-order valence-electron chi connectivity index (χ3n) is 5.22. The molecule has 2 fully saturated rings. The molecule has 6 heteroatoms. The normalized spacial score (nSPS) is 27.0. The van der Waals surface area contributed by atoms with Gasteiger partial charge in [0.15, 0.2) is 0 Å². The van der Waals surface area contributed by atoms with Crippen molar-refractivity contribution >= 4 is 5.91 Å². The smallest absolute Gasteiger partial charge is 0.225 e. The lowest BCUT2D eigenvalue weighted by molar-refractivity contribution is -0.139. The van der Waals surface area contributed by atoms with Gasteiger partial charge in [0, 0.05) is 25.2 Å². The van der Waals surface area contributed by atoms with E-state index in [1.165, 1.54) is 5.56 Å². The van der Waals surface area contributed by atoms with Crippen molar-refractivity contribution in [2.24, 2.45) is 11.8 Å². The average molecular weight is 344 g/mol. The maximum absolute atomic E-state index is 12.4. The van der Waals surface area contributed by atoms with Gasteiger partial charge in [0.25, 0.3) is 0 Å². The summed E-state index contributed by atoms with van der Waals surface area (Å²) in [5, 5.41) is 2.96. The molecule has 0 radical (unpaired) electrons. The topological polar surface area (TPSA) is 67.8 Å². The van der Waals surface area contributed by atoms with Gasteiger partial charge in [-0.05, 0) is 37.0 Å². The lowest BCUT2D eigenvalue weighted by Crippen LogP contribution is -2.50. The summed E-state index contributed by atoms with van der Waals surface area (Å²) in [5.74, 6) is 1.16. The van der Waals surface area contributed by atoms with Gasteiger partial charge in [-0.25, -0.2) is 0 Å². The van der Waals surface area contributed by atoms with Gasteiger partial charge in [-0.2, -0.15) is 0 Å². The number of hydrogen-bond acceptors (Lipinski definition) is 5. The van der Waals surface area contributed by atoms with Gasteiger partial charge in [0.1, 0.15) is 5.76 Å². The molecule has 0 unspecified atom stereocenters. The highest BCUT2D eigenvalue weighted by atomic mass is 16.5. The van der Waals surface area contributed by atoms with Crippen molar-refractivity contribution in [2.45, 2.75) is 32.0 Å². The molecule has 6 nitrogen and oxygen atoms in total. The molecule has 25 heavy (non-hydrogen) atoms. The number of fused-ring (bicyclic) bond motifs is 1. The van der Waals surface area contributed by atoms with Crippen LogP contribution in [0.3, 0.4) is 0 Å². The highest BCUT2D eigenvalue weighted by Gasteiger charge is 2.38. The summed E-state index contributed by atoms with van der Waals surface area (Å²) in [6.45, 7) is 3.85. The summed E-state index contributed by atoms with van der Waals surface area (Å²) in [5.41, 5.74) is 1.20. The first-order valence-corrected chi connectivity index (χ1v) is 8.93. The van der Waals surface area contributed by atoms with Crippen molar-refractivity contribution in [1.29, 1.82) is 0 Å². The second-order valence-corrected chi connectivity index (χ2v) is 7.02. The van der Waals surface area contributed by atoms with Gasteiger partial charge in [-0.1, -0.05) is 0 Å². The molecule has 2 aromatic rings. The number of piperidine rings is 1. The largest absolute Gasteiger partial charge is 0.472 e. The van der Waals surface area contributed by atoms with E-state index in [4.69, 9.17) is 13.6 Å². The summed E-state index contributed by atoms with van der Waals surface area (Å²) < 4.78 is 16.4. The molecule has 2 aromatic heterocycles. The van der Waals surface area contributed by atoms with Crippen molar-refractivity contribution in [2.75, 3.05) is 19.7 Å². The molecule has 0 aliphatic carbocycles. The zero-order valence-electron chi connectivity index (χ0n) is 14.2. The number of carbonyl (C=O) groups excluding carboxylic acids is 1. The van der Waals surface area contributed by atoms with Crippen LogP contribution < -0.4 is 5.32 Å². The van der Waals surface area contributed by atoms with Crippen molar-refractivity contribution in [3.8, 4) is 0 Å². The molecule has 4 heterocycles. The van der Waals surface area contributed by atoms with E-state index in [-0.39, 0.29) is 17.9 Å². The molecule has 0 aromatic carbocycles. The molecule has 0 bridgehead atoms. The van der Waals surface area contributed by atoms with Crippen LogP contribution in [-0.4, -0.2) is 36.6 Å². The second kappa shape index (κ2) is 7.45. The molecular formula is C19H24N2O4. The fourth-order valence-electron chi connectivity index (χ4n) is 3.90. The van der Waals surface area contributed by atoms with Crippen LogP contribution in [0.4, 0.5) is 0 Å². The van der Waals surface area contributed by atoms with E-state index < -0.39 is 0 Å². The van der Waals surface area contributed by atoms with Gasteiger partial charge in [0.2, 0.25) is 5.91 Å². The van der Waals surface area contributed by atoms with Gasteiger partial charge < -0.3 is 18.9 Å². The molecule has 1 amide bonds. The van der Waals surface area contributed by atoms with E-state index in [0.717, 1.165) is 38.2 Å². The van der Waals surface area contributed by atoms with E-state index in [0.29, 0.717) is 19.1 Å². The quantitative estimate of drug-likeness (QED) is 0.902. The number of furan rings is 2. The monoisotopic (exact) mass is 344 g/mol. The predicted octanol–water partition coefficient (Wildman–Crippen LogP) is 2.42. The van der Waals surface area contributed by atoms with Crippen molar-refractivity contribution < 1.29 is 18.4 Å². The van der Waals surface area contributed by atoms with Crippen LogP contribution in [0.5, 0.6) is 0 Å². The fourth-order valence-corrected chi connectivity index (χ4v) is 3.90. The molecule has 1 N–H and O–H groups in total. The second-order valence-electron chi connectivity index (χ2n) is 7.02. The average Bonchev–Trinajstić information content (AvgIpc) is 3.33. The van der Waals surface area contributed by atoms with E-state index in [1.807, 2.05) is 18.2 Å². The highest BCUT2D eigenvalue weighted by molar-refractivity contribution is 5.78. The van der Waals surface area contributed by atoms with E-state index in [1.54, 1.807) is 18.8 Å². The first kappa shape index (κ1) is 16.4. The van der Waals surface area contributed by atoms with Crippen molar-refractivity contribution in [1.82, 2.24) is 10.2 Å². The number of carbonyl (C=O) groups is 1. The molecule has 2 saturated heterocycles. The summed E-state index contributed by atoms with van der Waals surface area (Å²) in [6, 6.07) is 5.70. The number of nitrogens with one attached hydrogen (secondary N) is 1. The lowest BCUT2D eigenvalue weighted by Gasteiger charge is -2.43. The third kappa shape index (κ3) is 3.96. The van der Waals surface area contributed by atoms with Crippen LogP contribution in [0.1, 0.15) is 24.2 Å². The fraction of sp³-hybridized carbons (Fsp3) is 0.526. The number of likely N-dealkylation sites (tertiary alicyclic amines) is 1. The number of rotatable bonds is 5. The van der Waals surface area contributed by atoms with Crippen LogP contribution in [0.25, 0.3) is 0 Å². The lowest BCUT2D eigenvalue weighted by atomic mass is 9.83. The van der Waals surface area contributed by atoms with Crippen LogP contribution in [-0.2, 0) is 22.6 Å².